The number of nitro benzene ring substituents is 1. The van der Waals surface area contributed by atoms with E-state index in [-0.39, 0.29) is 23.9 Å². The molecular formula is C11H11N3O4. The summed E-state index contributed by atoms with van der Waals surface area (Å²) in [5.41, 5.74) is 0.274. The lowest BCUT2D eigenvalue weighted by atomic mass is 10.2. The summed E-state index contributed by atoms with van der Waals surface area (Å²) < 4.78 is 0. The Hall–Kier alpha value is -2.28. The highest BCUT2D eigenvalue weighted by atomic mass is 16.6. The van der Waals surface area contributed by atoms with Crippen molar-refractivity contribution in [3.63, 3.8) is 0 Å². The van der Waals surface area contributed by atoms with Crippen LogP contribution in [0, 0.1) is 10.1 Å². The van der Waals surface area contributed by atoms with Gasteiger partial charge in [-0.1, -0.05) is 0 Å². The highest BCUT2D eigenvalue weighted by molar-refractivity contribution is 6.22. The number of likely N-dealkylation sites (N-methyl/N-ethyl adjacent to an activating group) is 1. The van der Waals surface area contributed by atoms with Gasteiger partial charge >= 0.3 is 0 Å². The van der Waals surface area contributed by atoms with Gasteiger partial charge in [0.1, 0.15) is 0 Å². The molecular weight excluding hydrogens is 238 g/mol. The molecule has 1 atom stereocenters. The molecule has 1 aliphatic rings. The number of amides is 2. The summed E-state index contributed by atoms with van der Waals surface area (Å²) in [5.74, 6) is -0.649. The van der Waals surface area contributed by atoms with Crippen LogP contribution < -0.4 is 10.2 Å². The molecule has 2 rings (SSSR count). The molecule has 1 N–H and O–H groups in total. The van der Waals surface area contributed by atoms with Gasteiger partial charge in [0, 0.05) is 12.1 Å². The molecule has 18 heavy (non-hydrogen) atoms. The maximum absolute atomic E-state index is 11.9. The van der Waals surface area contributed by atoms with Gasteiger partial charge in [0.25, 0.3) is 11.6 Å². The lowest BCUT2D eigenvalue weighted by Gasteiger charge is -2.14. The number of anilines is 1. The minimum absolute atomic E-state index is 0.0805. The van der Waals surface area contributed by atoms with E-state index in [0.29, 0.717) is 5.69 Å². The summed E-state index contributed by atoms with van der Waals surface area (Å²) in [7, 11) is 1.61. The minimum atomic E-state index is -0.534. The van der Waals surface area contributed by atoms with Crippen LogP contribution in [-0.4, -0.2) is 29.8 Å². The van der Waals surface area contributed by atoms with Gasteiger partial charge in [-0.15, -0.1) is 0 Å². The van der Waals surface area contributed by atoms with Crippen LogP contribution in [0.5, 0.6) is 0 Å². The average molecular weight is 249 g/mol. The molecule has 7 nitrogen and oxygen atoms in total. The molecule has 94 valence electrons. The SMILES string of the molecule is CNC1CC(=O)N(c2ccc([N+](=O)[O-])cc2)C1=O. The Morgan fingerprint density at radius 1 is 1.33 bits per heavy atom. The van der Waals surface area contributed by atoms with Crippen LogP contribution in [-0.2, 0) is 9.59 Å². The second-order valence-corrected chi connectivity index (χ2v) is 3.89. The van der Waals surface area contributed by atoms with Gasteiger partial charge in [0.15, 0.2) is 0 Å². The molecule has 0 aliphatic carbocycles. The van der Waals surface area contributed by atoms with E-state index < -0.39 is 11.0 Å². The molecule has 1 aromatic rings. The predicted molar refractivity (Wildman–Crippen MR) is 63.1 cm³/mol. The lowest BCUT2D eigenvalue weighted by Crippen LogP contribution is -2.37. The third kappa shape index (κ3) is 1.95. The molecule has 7 heteroatoms. The van der Waals surface area contributed by atoms with Crippen molar-refractivity contribution < 1.29 is 14.5 Å². The van der Waals surface area contributed by atoms with Crippen molar-refractivity contribution >= 4 is 23.2 Å². The Labute approximate surface area is 103 Å². The number of nitro groups is 1. The standard InChI is InChI=1S/C11H11N3O4/c1-12-9-6-10(15)13(11(9)16)7-2-4-8(5-3-7)14(17)18/h2-5,9,12H,6H2,1H3. The van der Waals surface area contributed by atoms with Crippen molar-refractivity contribution in [1.29, 1.82) is 0 Å². The molecule has 0 bridgehead atoms. The maximum atomic E-state index is 11.9. The zero-order valence-corrected chi connectivity index (χ0v) is 9.62. The van der Waals surface area contributed by atoms with E-state index in [0.717, 1.165) is 4.90 Å². The van der Waals surface area contributed by atoms with Gasteiger partial charge in [-0.2, -0.15) is 0 Å². The number of non-ortho nitro benzene ring substituents is 1. The summed E-state index contributed by atoms with van der Waals surface area (Å²) in [6.07, 6.45) is 0.103. The van der Waals surface area contributed by atoms with E-state index in [1.54, 1.807) is 7.05 Å². The Kier molecular flexibility index (Phi) is 3.07. The van der Waals surface area contributed by atoms with Crippen molar-refractivity contribution in [3.05, 3.63) is 34.4 Å². The quantitative estimate of drug-likeness (QED) is 0.477. The second-order valence-electron chi connectivity index (χ2n) is 3.89. The van der Waals surface area contributed by atoms with Gasteiger partial charge in [0.2, 0.25) is 5.91 Å². The van der Waals surface area contributed by atoms with Crippen molar-refractivity contribution in [2.24, 2.45) is 0 Å². The van der Waals surface area contributed by atoms with Crippen LogP contribution in [0.4, 0.5) is 11.4 Å². The van der Waals surface area contributed by atoms with Crippen LogP contribution in [0.15, 0.2) is 24.3 Å². The lowest BCUT2D eigenvalue weighted by molar-refractivity contribution is -0.384. The number of carbonyl (C=O) groups is 2. The van der Waals surface area contributed by atoms with Crippen LogP contribution in [0.25, 0.3) is 0 Å². The Morgan fingerprint density at radius 3 is 2.39 bits per heavy atom. The average Bonchev–Trinajstić information content (AvgIpc) is 2.64. The third-order valence-electron chi connectivity index (χ3n) is 2.81. The Morgan fingerprint density at radius 2 is 1.94 bits per heavy atom. The molecule has 1 saturated heterocycles. The zero-order valence-electron chi connectivity index (χ0n) is 9.62. The summed E-state index contributed by atoms with van der Waals surface area (Å²) in [6, 6.07) is 4.80. The van der Waals surface area contributed by atoms with Gasteiger partial charge in [0.05, 0.1) is 23.1 Å². The van der Waals surface area contributed by atoms with Gasteiger partial charge in [-0.05, 0) is 19.2 Å². The summed E-state index contributed by atoms with van der Waals surface area (Å²) in [4.78, 5) is 34.6. The highest BCUT2D eigenvalue weighted by Crippen LogP contribution is 2.24. The normalized spacial score (nSPS) is 19.4. The fraction of sp³-hybridized carbons (Fsp3) is 0.273. The molecule has 2 amide bonds. The van der Waals surface area contributed by atoms with Crippen molar-refractivity contribution in [3.8, 4) is 0 Å². The van der Waals surface area contributed by atoms with E-state index in [1.807, 2.05) is 0 Å². The number of nitrogens with zero attached hydrogens (tertiary/aromatic N) is 2. The van der Waals surface area contributed by atoms with Crippen molar-refractivity contribution in [1.82, 2.24) is 5.32 Å². The summed E-state index contributed by atoms with van der Waals surface area (Å²) >= 11 is 0. The molecule has 1 heterocycles. The fourth-order valence-corrected chi connectivity index (χ4v) is 1.85. The zero-order chi connectivity index (χ0) is 13.3. The molecule has 1 unspecified atom stereocenters. The summed E-state index contributed by atoms with van der Waals surface area (Å²) in [5, 5.41) is 13.3. The summed E-state index contributed by atoms with van der Waals surface area (Å²) in [6.45, 7) is 0. The van der Waals surface area contributed by atoms with E-state index >= 15 is 0 Å². The van der Waals surface area contributed by atoms with Crippen LogP contribution in [0.3, 0.4) is 0 Å². The van der Waals surface area contributed by atoms with Gasteiger partial charge in [-0.25, -0.2) is 4.90 Å². The topological polar surface area (TPSA) is 92.6 Å². The first-order valence-corrected chi connectivity index (χ1v) is 5.33. The first kappa shape index (κ1) is 12.2. The van der Waals surface area contributed by atoms with Crippen molar-refractivity contribution in [2.45, 2.75) is 12.5 Å². The molecule has 0 spiro atoms. The maximum Gasteiger partial charge on any atom is 0.269 e. The molecule has 1 aromatic carbocycles. The number of imide groups is 1. The second kappa shape index (κ2) is 4.53. The fourth-order valence-electron chi connectivity index (χ4n) is 1.85. The monoisotopic (exact) mass is 249 g/mol. The molecule has 1 aliphatic heterocycles. The Balaban J connectivity index is 2.29. The third-order valence-corrected chi connectivity index (χ3v) is 2.81. The number of rotatable bonds is 3. The van der Waals surface area contributed by atoms with Crippen LogP contribution in [0.2, 0.25) is 0 Å². The van der Waals surface area contributed by atoms with Gasteiger partial charge < -0.3 is 5.32 Å². The molecule has 0 radical (unpaired) electrons. The smallest absolute Gasteiger partial charge is 0.269 e. The van der Waals surface area contributed by atoms with Crippen LogP contribution in [0.1, 0.15) is 6.42 Å². The minimum Gasteiger partial charge on any atom is -0.308 e. The first-order valence-electron chi connectivity index (χ1n) is 5.33. The number of benzene rings is 1. The number of carbonyl (C=O) groups excluding carboxylic acids is 2. The van der Waals surface area contributed by atoms with E-state index in [2.05, 4.69) is 5.32 Å². The molecule has 1 fully saturated rings. The van der Waals surface area contributed by atoms with Crippen LogP contribution >= 0.6 is 0 Å². The predicted octanol–water partition coefficient (Wildman–Crippen LogP) is 0.446. The number of nitrogens with one attached hydrogen (secondary N) is 1. The Bertz CT molecular complexity index is 512. The number of hydrogen-bond donors (Lipinski definition) is 1. The number of hydrogen-bond acceptors (Lipinski definition) is 5. The van der Waals surface area contributed by atoms with Gasteiger partial charge in [-0.3, -0.25) is 19.7 Å². The molecule has 0 aromatic heterocycles. The van der Waals surface area contributed by atoms with E-state index in [4.69, 9.17) is 0 Å². The van der Waals surface area contributed by atoms with E-state index in [9.17, 15) is 19.7 Å². The largest absolute Gasteiger partial charge is 0.308 e. The molecule has 0 saturated carbocycles. The highest BCUT2D eigenvalue weighted by Gasteiger charge is 2.38. The first-order chi connectivity index (χ1) is 8.54. The van der Waals surface area contributed by atoms with Crippen molar-refractivity contribution in [2.75, 3.05) is 11.9 Å². The van der Waals surface area contributed by atoms with E-state index in [1.165, 1.54) is 24.3 Å².